The van der Waals surface area contributed by atoms with Crippen LogP contribution in [0, 0.1) is 6.92 Å². The molecule has 1 amide bonds. The Morgan fingerprint density at radius 2 is 1.78 bits per heavy atom. The van der Waals surface area contributed by atoms with Crippen molar-refractivity contribution in [1.82, 2.24) is 5.32 Å². The number of rotatable bonds is 6. The Morgan fingerprint density at radius 3 is 2.28 bits per heavy atom. The Bertz CT molecular complexity index is 385. The molecule has 0 aliphatic carbocycles. The Labute approximate surface area is 126 Å². The van der Waals surface area contributed by atoms with Crippen molar-refractivity contribution >= 4 is 37.8 Å². The lowest BCUT2D eigenvalue weighted by Gasteiger charge is -2.26. The summed E-state index contributed by atoms with van der Waals surface area (Å²) >= 11 is 6.84. The number of hydrogen-bond donors (Lipinski definition) is 1. The molecule has 1 N–H and O–H groups in total. The molecule has 2 nitrogen and oxygen atoms in total. The van der Waals surface area contributed by atoms with E-state index in [9.17, 15) is 4.79 Å². The van der Waals surface area contributed by atoms with Crippen LogP contribution in [0.5, 0.6) is 0 Å². The molecule has 1 rings (SSSR count). The van der Waals surface area contributed by atoms with E-state index in [1.165, 1.54) is 11.1 Å². The third-order valence-corrected chi connectivity index (χ3v) is 5.27. The first-order valence-electron chi connectivity index (χ1n) is 5.97. The summed E-state index contributed by atoms with van der Waals surface area (Å²) in [5, 5.41) is 4.52. The molecule has 0 heterocycles. The van der Waals surface area contributed by atoms with Crippen LogP contribution in [0.2, 0.25) is 0 Å². The monoisotopic (exact) mass is 375 g/mol. The third-order valence-electron chi connectivity index (χ3n) is 2.79. The lowest BCUT2D eigenvalue weighted by atomic mass is 10.1. The number of benzene rings is 1. The minimum atomic E-state index is -0.218. The Morgan fingerprint density at radius 1 is 1.22 bits per heavy atom. The predicted molar refractivity (Wildman–Crippen MR) is 83.6 cm³/mol. The van der Waals surface area contributed by atoms with Gasteiger partial charge in [0.05, 0.1) is 5.54 Å². The second kappa shape index (κ2) is 7.29. The maximum atomic E-state index is 11.9. The molecule has 0 fully saturated rings. The molecular weight excluding hydrogens is 358 g/mol. The van der Waals surface area contributed by atoms with Crippen LogP contribution in [-0.2, 0) is 11.2 Å². The zero-order chi connectivity index (χ0) is 13.6. The van der Waals surface area contributed by atoms with Gasteiger partial charge in [-0.1, -0.05) is 61.7 Å². The number of carbonyl (C=O) groups excluding carboxylic acids is 1. The van der Waals surface area contributed by atoms with Crippen LogP contribution in [0.3, 0.4) is 0 Å². The van der Waals surface area contributed by atoms with Gasteiger partial charge in [0.15, 0.2) is 0 Å². The molecule has 0 saturated heterocycles. The number of carbonyl (C=O) groups is 1. The maximum absolute atomic E-state index is 11.9. The SMILES string of the molecule is Cc1ccc(CCC(=O)NC(C)(CBr)CBr)cc1. The molecule has 18 heavy (non-hydrogen) atoms. The van der Waals surface area contributed by atoms with Gasteiger partial charge < -0.3 is 5.32 Å². The molecule has 0 aliphatic heterocycles. The average molecular weight is 377 g/mol. The van der Waals surface area contributed by atoms with Crippen molar-refractivity contribution in [1.29, 1.82) is 0 Å². The molecule has 0 saturated carbocycles. The molecule has 0 spiro atoms. The van der Waals surface area contributed by atoms with Crippen molar-refractivity contribution in [2.24, 2.45) is 0 Å². The van der Waals surface area contributed by atoms with Gasteiger partial charge in [-0.2, -0.15) is 0 Å². The summed E-state index contributed by atoms with van der Waals surface area (Å²) in [5.41, 5.74) is 2.23. The van der Waals surface area contributed by atoms with Crippen LogP contribution < -0.4 is 5.32 Å². The Kier molecular flexibility index (Phi) is 6.36. The molecule has 0 bridgehead atoms. The first-order chi connectivity index (χ1) is 8.49. The smallest absolute Gasteiger partial charge is 0.220 e. The van der Waals surface area contributed by atoms with Crippen molar-refractivity contribution < 1.29 is 4.79 Å². The lowest BCUT2D eigenvalue weighted by Crippen LogP contribution is -2.49. The van der Waals surface area contributed by atoms with E-state index in [4.69, 9.17) is 0 Å². The second-order valence-electron chi connectivity index (χ2n) is 4.86. The number of amides is 1. The van der Waals surface area contributed by atoms with Crippen molar-refractivity contribution in [2.45, 2.75) is 32.2 Å². The highest BCUT2D eigenvalue weighted by atomic mass is 79.9. The van der Waals surface area contributed by atoms with Gasteiger partial charge in [-0.05, 0) is 25.8 Å². The van der Waals surface area contributed by atoms with Gasteiger partial charge in [0.25, 0.3) is 0 Å². The number of hydrogen-bond acceptors (Lipinski definition) is 1. The number of alkyl halides is 2. The molecule has 1 aromatic carbocycles. The molecule has 0 aliphatic rings. The first kappa shape index (κ1) is 15.7. The molecular formula is C14H19Br2NO. The van der Waals surface area contributed by atoms with Gasteiger partial charge in [0.1, 0.15) is 0 Å². The fourth-order valence-corrected chi connectivity index (χ4v) is 2.72. The lowest BCUT2D eigenvalue weighted by molar-refractivity contribution is -0.122. The van der Waals surface area contributed by atoms with Gasteiger partial charge in [0.2, 0.25) is 5.91 Å². The summed E-state index contributed by atoms with van der Waals surface area (Å²) < 4.78 is 0. The molecule has 0 aromatic heterocycles. The summed E-state index contributed by atoms with van der Waals surface area (Å²) in [4.78, 5) is 11.9. The van der Waals surface area contributed by atoms with Crippen molar-refractivity contribution in [3.05, 3.63) is 35.4 Å². The van der Waals surface area contributed by atoms with E-state index < -0.39 is 0 Å². The largest absolute Gasteiger partial charge is 0.349 e. The van der Waals surface area contributed by atoms with Crippen LogP contribution in [0.1, 0.15) is 24.5 Å². The Hall–Kier alpha value is -0.350. The fourth-order valence-electron chi connectivity index (χ4n) is 1.51. The van der Waals surface area contributed by atoms with Crippen LogP contribution in [0.4, 0.5) is 0 Å². The quantitative estimate of drug-likeness (QED) is 0.755. The molecule has 4 heteroatoms. The molecule has 0 unspecified atom stereocenters. The number of halogens is 2. The van der Waals surface area contributed by atoms with Gasteiger partial charge in [-0.25, -0.2) is 0 Å². The molecule has 1 aromatic rings. The van der Waals surface area contributed by atoms with Gasteiger partial charge >= 0.3 is 0 Å². The van der Waals surface area contributed by atoms with Crippen LogP contribution in [0.25, 0.3) is 0 Å². The predicted octanol–water partition coefficient (Wildman–Crippen LogP) is 3.59. The zero-order valence-electron chi connectivity index (χ0n) is 10.8. The first-order valence-corrected chi connectivity index (χ1v) is 8.22. The summed E-state index contributed by atoms with van der Waals surface area (Å²) in [6.07, 6.45) is 1.31. The Balaban J connectivity index is 2.44. The van der Waals surface area contributed by atoms with Crippen molar-refractivity contribution in [3.63, 3.8) is 0 Å². The number of nitrogens with one attached hydrogen (secondary N) is 1. The summed E-state index contributed by atoms with van der Waals surface area (Å²) in [7, 11) is 0. The van der Waals surface area contributed by atoms with E-state index in [0.717, 1.165) is 17.1 Å². The topological polar surface area (TPSA) is 29.1 Å². The summed E-state index contributed by atoms with van der Waals surface area (Å²) in [5.74, 6) is 0.0944. The summed E-state index contributed by atoms with van der Waals surface area (Å²) in [6, 6.07) is 8.32. The van der Waals surface area contributed by atoms with Gasteiger partial charge in [-0.3, -0.25) is 4.79 Å². The van der Waals surface area contributed by atoms with E-state index >= 15 is 0 Å². The van der Waals surface area contributed by atoms with E-state index in [0.29, 0.717) is 6.42 Å². The third kappa shape index (κ3) is 5.11. The standard InChI is InChI=1S/C14H19Br2NO/c1-11-3-5-12(6-4-11)7-8-13(18)17-14(2,9-15)10-16/h3-6H,7-10H2,1-2H3,(H,17,18). The highest BCUT2D eigenvalue weighted by Crippen LogP contribution is 2.12. The maximum Gasteiger partial charge on any atom is 0.220 e. The van der Waals surface area contributed by atoms with E-state index in [2.05, 4.69) is 68.4 Å². The minimum Gasteiger partial charge on any atom is -0.349 e. The van der Waals surface area contributed by atoms with E-state index in [1.807, 2.05) is 6.92 Å². The van der Waals surface area contributed by atoms with Crippen molar-refractivity contribution in [2.75, 3.05) is 10.7 Å². The van der Waals surface area contributed by atoms with E-state index in [-0.39, 0.29) is 11.4 Å². The number of aryl methyl sites for hydroxylation is 2. The molecule has 100 valence electrons. The van der Waals surface area contributed by atoms with E-state index in [1.54, 1.807) is 0 Å². The van der Waals surface area contributed by atoms with Gasteiger partial charge in [-0.15, -0.1) is 0 Å². The normalized spacial score (nSPS) is 11.3. The minimum absolute atomic E-state index is 0.0944. The molecule has 0 radical (unpaired) electrons. The highest BCUT2D eigenvalue weighted by molar-refractivity contribution is 9.09. The average Bonchev–Trinajstić information content (AvgIpc) is 2.38. The summed E-state index contributed by atoms with van der Waals surface area (Å²) in [6.45, 7) is 4.08. The van der Waals surface area contributed by atoms with Crippen molar-refractivity contribution in [3.8, 4) is 0 Å². The van der Waals surface area contributed by atoms with Crippen LogP contribution >= 0.6 is 31.9 Å². The highest BCUT2D eigenvalue weighted by Gasteiger charge is 2.23. The second-order valence-corrected chi connectivity index (χ2v) is 5.98. The van der Waals surface area contributed by atoms with Crippen LogP contribution in [0.15, 0.2) is 24.3 Å². The fraction of sp³-hybridized carbons (Fsp3) is 0.500. The zero-order valence-corrected chi connectivity index (χ0v) is 14.0. The van der Waals surface area contributed by atoms with Crippen LogP contribution in [-0.4, -0.2) is 22.1 Å². The van der Waals surface area contributed by atoms with Gasteiger partial charge in [0, 0.05) is 17.1 Å². The molecule has 0 atom stereocenters.